The summed E-state index contributed by atoms with van der Waals surface area (Å²) in [5.74, 6) is 1.16. The van der Waals surface area contributed by atoms with Gasteiger partial charge in [-0.2, -0.15) is 0 Å². The predicted molar refractivity (Wildman–Crippen MR) is 114 cm³/mol. The lowest BCUT2D eigenvalue weighted by molar-refractivity contribution is 0.102. The van der Waals surface area contributed by atoms with Crippen LogP contribution in [0.4, 0.5) is 0 Å². The minimum absolute atomic E-state index is 0.0951. The molecule has 0 fully saturated rings. The Morgan fingerprint density at radius 3 is 2.93 bits per heavy atom. The monoisotopic (exact) mass is 408 g/mol. The van der Waals surface area contributed by atoms with Crippen LogP contribution in [0.5, 0.6) is 0 Å². The fraction of sp³-hybridized carbons (Fsp3) is 0.333. The van der Waals surface area contributed by atoms with Crippen LogP contribution < -0.4 is 0 Å². The van der Waals surface area contributed by atoms with E-state index in [1.54, 1.807) is 17.7 Å². The first-order valence-corrected chi connectivity index (χ1v) is 11.3. The van der Waals surface area contributed by atoms with E-state index in [0.717, 1.165) is 45.8 Å². The Kier molecular flexibility index (Phi) is 4.44. The van der Waals surface area contributed by atoms with Crippen LogP contribution in [0.15, 0.2) is 35.7 Å². The summed E-state index contributed by atoms with van der Waals surface area (Å²) in [6, 6.07) is 7.69. The van der Waals surface area contributed by atoms with E-state index >= 15 is 0 Å². The quantitative estimate of drug-likeness (QED) is 0.360. The van der Waals surface area contributed by atoms with Gasteiger partial charge in [-0.1, -0.05) is 48.5 Å². The van der Waals surface area contributed by atoms with Gasteiger partial charge >= 0.3 is 0 Å². The molecule has 5 nitrogen and oxygen atoms in total. The number of nitrogens with zero attached hydrogens (tertiary/aromatic N) is 4. The average molecular weight is 409 g/mol. The summed E-state index contributed by atoms with van der Waals surface area (Å²) in [5.41, 5.74) is 4.14. The largest absolute Gasteiger partial charge is 0.293 e. The van der Waals surface area contributed by atoms with Gasteiger partial charge in [0.1, 0.15) is 11.2 Å². The van der Waals surface area contributed by atoms with Gasteiger partial charge in [-0.25, -0.2) is 4.98 Å². The molecule has 0 unspecified atom stereocenters. The molecule has 1 aliphatic rings. The zero-order valence-corrected chi connectivity index (χ0v) is 17.4. The van der Waals surface area contributed by atoms with E-state index in [4.69, 9.17) is 0 Å². The smallest absolute Gasteiger partial charge is 0.197 e. The first-order valence-electron chi connectivity index (χ1n) is 9.47. The van der Waals surface area contributed by atoms with Gasteiger partial charge in [-0.15, -0.1) is 21.5 Å². The lowest BCUT2D eigenvalue weighted by atomic mass is 9.89. The number of aromatic nitrogens is 4. The summed E-state index contributed by atoms with van der Waals surface area (Å²) in [4.78, 5) is 19.7. The molecule has 0 radical (unpaired) electrons. The zero-order valence-electron chi connectivity index (χ0n) is 15.8. The van der Waals surface area contributed by atoms with Gasteiger partial charge in [0.2, 0.25) is 0 Å². The lowest BCUT2D eigenvalue weighted by Crippen LogP contribution is -2.08. The van der Waals surface area contributed by atoms with E-state index in [2.05, 4.69) is 22.1 Å². The summed E-state index contributed by atoms with van der Waals surface area (Å²) in [6.07, 6.45) is 5.21. The number of thiophene rings is 1. The molecule has 142 valence electrons. The van der Waals surface area contributed by atoms with E-state index in [9.17, 15) is 4.79 Å². The number of benzene rings is 1. The summed E-state index contributed by atoms with van der Waals surface area (Å²) < 4.78 is 1.93. The molecule has 0 saturated heterocycles. The van der Waals surface area contributed by atoms with Crippen LogP contribution in [0.1, 0.15) is 39.7 Å². The maximum Gasteiger partial charge on any atom is 0.197 e. The lowest BCUT2D eigenvalue weighted by Gasteiger charge is -2.17. The summed E-state index contributed by atoms with van der Waals surface area (Å²) in [7, 11) is 0. The van der Waals surface area contributed by atoms with E-state index in [1.807, 2.05) is 35.6 Å². The van der Waals surface area contributed by atoms with Crippen molar-refractivity contribution in [2.75, 3.05) is 5.75 Å². The fourth-order valence-corrected chi connectivity index (χ4v) is 5.91. The minimum Gasteiger partial charge on any atom is -0.293 e. The summed E-state index contributed by atoms with van der Waals surface area (Å²) >= 11 is 3.21. The molecule has 4 aromatic rings. The van der Waals surface area contributed by atoms with Crippen molar-refractivity contribution in [2.24, 2.45) is 5.92 Å². The molecule has 28 heavy (non-hydrogen) atoms. The summed E-state index contributed by atoms with van der Waals surface area (Å²) in [6.45, 7) is 4.33. The van der Waals surface area contributed by atoms with Gasteiger partial charge in [0.25, 0.3) is 0 Å². The number of fused-ring (bicyclic) bond motifs is 5. The van der Waals surface area contributed by atoms with Crippen LogP contribution in [0.3, 0.4) is 0 Å². The van der Waals surface area contributed by atoms with Gasteiger partial charge in [0.15, 0.2) is 16.6 Å². The van der Waals surface area contributed by atoms with Crippen molar-refractivity contribution >= 4 is 44.7 Å². The van der Waals surface area contributed by atoms with E-state index in [-0.39, 0.29) is 5.78 Å². The number of thioether (sulfide) groups is 1. The predicted octanol–water partition coefficient (Wildman–Crippen LogP) is 4.75. The Hall–Kier alpha value is -2.25. The zero-order chi connectivity index (χ0) is 19.3. The van der Waals surface area contributed by atoms with Crippen LogP contribution >= 0.6 is 23.1 Å². The van der Waals surface area contributed by atoms with Crippen molar-refractivity contribution in [3.05, 3.63) is 52.2 Å². The van der Waals surface area contributed by atoms with E-state index in [0.29, 0.717) is 10.9 Å². The molecule has 3 heterocycles. The van der Waals surface area contributed by atoms with Gasteiger partial charge in [-0.3, -0.25) is 9.20 Å². The van der Waals surface area contributed by atoms with Crippen LogP contribution in [0, 0.1) is 12.8 Å². The first kappa shape index (κ1) is 17.8. The minimum atomic E-state index is 0.0951. The highest BCUT2D eigenvalue weighted by Crippen LogP contribution is 2.39. The van der Waals surface area contributed by atoms with Crippen molar-refractivity contribution in [1.82, 2.24) is 19.6 Å². The molecule has 5 rings (SSSR count). The molecule has 0 aliphatic heterocycles. The van der Waals surface area contributed by atoms with Gasteiger partial charge in [-0.05, 0) is 37.7 Å². The van der Waals surface area contributed by atoms with Crippen LogP contribution in [-0.2, 0) is 12.8 Å². The number of ketones is 1. The summed E-state index contributed by atoms with van der Waals surface area (Å²) in [5, 5.41) is 10.7. The molecule has 3 aromatic heterocycles. The highest BCUT2D eigenvalue weighted by Gasteiger charge is 2.24. The van der Waals surface area contributed by atoms with Crippen LogP contribution in [0.2, 0.25) is 0 Å². The SMILES string of the molecule is Cc1ccc(C(=O)CSc2nnc3c4c5c(sc4ncn23)C[C@@H](C)CC5)cc1. The van der Waals surface area contributed by atoms with Crippen molar-refractivity contribution in [1.29, 1.82) is 0 Å². The van der Waals surface area contributed by atoms with E-state index < -0.39 is 0 Å². The van der Waals surface area contributed by atoms with Crippen molar-refractivity contribution in [2.45, 2.75) is 38.3 Å². The highest BCUT2D eigenvalue weighted by molar-refractivity contribution is 7.99. The van der Waals surface area contributed by atoms with Gasteiger partial charge in [0.05, 0.1) is 11.1 Å². The molecule has 1 aromatic carbocycles. The standard InChI is InChI=1S/C21H20N4OS2/c1-12-3-6-14(7-4-12)16(26)10-27-21-24-23-19-18-15-8-5-13(2)9-17(15)28-20(18)22-11-25(19)21/h3-4,6-7,11,13H,5,8-10H2,1-2H3/t13-/m0/s1. The maximum atomic E-state index is 12.5. The maximum absolute atomic E-state index is 12.5. The molecule has 0 spiro atoms. The number of aryl methyl sites for hydroxylation is 2. The second-order valence-corrected chi connectivity index (χ2v) is 9.56. The second-order valence-electron chi connectivity index (χ2n) is 7.53. The Morgan fingerprint density at radius 1 is 1.29 bits per heavy atom. The van der Waals surface area contributed by atoms with Crippen molar-refractivity contribution in [3.63, 3.8) is 0 Å². The second kappa shape index (κ2) is 6.97. The third-order valence-corrected chi connectivity index (χ3v) is 7.48. The van der Waals surface area contributed by atoms with Crippen LogP contribution in [-0.4, -0.2) is 31.1 Å². The number of hydrogen-bond donors (Lipinski definition) is 0. The normalized spacial score (nSPS) is 16.6. The Balaban J connectivity index is 1.45. The molecule has 7 heteroatoms. The third-order valence-electron chi connectivity index (χ3n) is 5.38. The number of Topliss-reactive ketones (excluding diaryl/α,β-unsaturated/α-hetero) is 1. The molecular weight excluding hydrogens is 388 g/mol. The Bertz CT molecular complexity index is 1190. The third kappa shape index (κ3) is 3.02. The Labute approximate surface area is 171 Å². The molecule has 1 aliphatic carbocycles. The number of carbonyl (C=O) groups excluding carboxylic acids is 1. The average Bonchev–Trinajstić information content (AvgIpc) is 3.26. The number of hydrogen-bond acceptors (Lipinski definition) is 6. The fourth-order valence-electron chi connectivity index (χ4n) is 3.77. The molecule has 0 saturated carbocycles. The molecule has 0 amide bonds. The number of carbonyl (C=O) groups is 1. The molecule has 0 N–H and O–H groups in total. The molecular formula is C21H20N4OS2. The van der Waals surface area contributed by atoms with Gasteiger partial charge < -0.3 is 0 Å². The Morgan fingerprint density at radius 2 is 2.11 bits per heavy atom. The highest BCUT2D eigenvalue weighted by atomic mass is 32.2. The van der Waals surface area contributed by atoms with Gasteiger partial charge in [0, 0.05) is 10.4 Å². The molecule has 1 atom stereocenters. The van der Waals surface area contributed by atoms with E-state index in [1.165, 1.54) is 28.6 Å². The van der Waals surface area contributed by atoms with Crippen LogP contribution in [0.25, 0.3) is 15.9 Å². The van der Waals surface area contributed by atoms with Crippen molar-refractivity contribution < 1.29 is 4.79 Å². The van der Waals surface area contributed by atoms with Crippen molar-refractivity contribution in [3.8, 4) is 0 Å². The molecule has 0 bridgehead atoms. The number of rotatable bonds is 4. The first-order chi connectivity index (χ1) is 13.6. The topological polar surface area (TPSA) is 60.2 Å².